The summed E-state index contributed by atoms with van der Waals surface area (Å²) in [6, 6.07) is 5.79. The van der Waals surface area contributed by atoms with E-state index < -0.39 is 0 Å². The van der Waals surface area contributed by atoms with Gasteiger partial charge in [0.2, 0.25) is 0 Å². The second kappa shape index (κ2) is 10.2. The number of methoxy groups -OCH3 is 2. The van der Waals surface area contributed by atoms with E-state index in [2.05, 4.69) is 15.0 Å². The van der Waals surface area contributed by atoms with Gasteiger partial charge in [-0.1, -0.05) is 0 Å². The van der Waals surface area contributed by atoms with E-state index in [1.165, 1.54) is 16.0 Å². The van der Waals surface area contributed by atoms with E-state index in [1.54, 1.807) is 21.3 Å². The molecule has 0 spiro atoms. The number of benzene rings is 1. The number of hydrogen-bond acceptors (Lipinski definition) is 8. The first kappa shape index (κ1) is 24.9. The normalized spacial score (nSPS) is 14.3. The summed E-state index contributed by atoms with van der Waals surface area (Å²) in [5.74, 6) is 1.58. The molecule has 1 fully saturated rings. The van der Waals surface area contributed by atoms with Crippen LogP contribution in [0.2, 0.25) is 0 Å². The molecule has 1 aromatic carbocycles. The van der Waals surface area contributed by atoms with Crippen molar-refractivity contribution >= 4 is 17.2 Å². The van der Waals surface area contributed by atoms with Crippen molar-refractivity contribution in [3.05, 3.63) is 55.9 Å². The predicted molar refractivity (Wildman–Crippen MR) is 136 cm³/mol. The molecular formula is C25H31N5O4S. The van der Waals surface area contributed by atoms with Crippen LogP contribution in [0.15, 0.2) is 23.0 Å². The molecule has 186 valence electrons. The molecule has 0 atom stereocenters. The van der Waals surface area contributed by atoms with Crippen molar-refractivity contribution in [2.75, 3.05) is 40.4 Å². The second-order valence-corrected chi connectivity index (χ2v) is 9.69. The monoisotopic (exact) mass is 497 g/mol. The highest BCUT2D eigenvalue weighted by atomic mass is 32.1. The average molecular weight is 498 g/mol. The molecule has 0 saturated carbocycles. The van der Waals surface area contributed by atoms with E-state index in [1.807, 2.05) is 43.9 Å². The molecule has 3 heterocycles. The smallest absolute Gasteiger partial charge is 0.277 e. The first-order valence-electron chi connectivity index (χ1n) is 11.5. The van der Waals surface area contributed by atoms with Gasteiger partial charge in [-0.05, 0) is 44.5 Å². The first-order chi connectivity index (χ1) is 16.7. The molecule has 1 aliphatic rings. The second-order valence-electron chi connectivity index (χ2n) is 8.69. The maximum Gasteiger partial charge on any atom is 0.277 e. The number of rotatable bonds is 6. The van der Waals surface area contributed by atoms with Crippen LogP contribution in [0, 0.1) is 20.8 Å². The van der Waals surface area contributed by atoms with E-state index in [0.717, 1.165) is 48.0 Å². The molecule has 0 unspecified atom stereocenters. The minimum absolute atomic E-state index is 0.0369. The summed E-state index contributed by atoms with van der Waals surface area (Å²) < 4.78 is 12.2. The molecule has 1 saturated heterocycles. The number of aryl methyl sites for hydroxylation is 3. The van der Waals surface area contributed by atoms with Crippen LogP contribution in [0.25, 0.3) is 10.6 Å². The fraction of sp³-hybridized carbons (Fsp3) is 0.440. The lowest BCUT2D eigenvalue weighted by molar-refractivity contribution is 0.0631. The predicted octanol–water partition coefficient (Wildman–Crippen LogP) is 2.80. The lowest BCUT2D eigenvalue weighted by atomic mass is 10.1. The highest BCUT2D eigenvalue weighted by Gasteiger charge is 2.27. The molecule has 35 heavy (non-hydrogen) atoms. The molecule has 0 N–H and O–H groups in total. The molecule has 1 amide bonds. The van der Waals surface area contributed by atoms with Gasteiger partial charge in [-0.3, -0.25) is 14.5 Å². The van der Waals surface area contributed by atoms with Crippen LogP contribution in [0.3, 0.4) is 0 Å². The minimum Gasteiger partial charge on any atom is -0.497 e. The fourth-order valence-corrected chi connectivity index (χ4v) is 5.43. The Hall–Kier alpha value is -3.24. The molecule has 2 aromatic heterocycles. The third kappa shape index (κ3) is 4.94. The van der Waals surface area contributed by atoms with Crippen LogP contribution in [0.1, 0.15) is 32.2 Å². The number of aromatic nitrogens is 3. The Morgan fingerprint density at radius 1 is 1.06 bits per heavy atom. The van der Waals surface area contributed by atoms with E-state index in [9.17, 15) is 9.59 Å². The van der Waals surface area contributed by atoms with Crippen LogP contribution < -0.4 is 15.0 Å². The van der Waals surface area contributed by atoms with Gasteiger partial charge in [-0.15, -0.1) is 11.3 Å². The lowest BCUT2D eigenvalue weighted by Gasteiger charge is -2.34. The number of thiazole rings is 1. The first-order valence-corrected chi connectivity index (χ1v) is 12.3. The molecule has 3 aromatic rings. The number of hydrogen-bond donors (Lipinski definition) is 0. The Bertz CT molecular complexity index is 1310. The van der Waals surface area contributed by atoms with Gasteiger partial charge in [-0.25, -0.2) is 9.67 Å². The molecule has 0 radical (unpaired) electrons. The van der Waals surface area contributed by atoms with Crippen molar-refractivity contribution in [2.45, 2.75) is 27.3 Å². The van der Waals surface area contributed by atoms with Gasteiger partial charge < -0.3 is 14.4 Å². The van der Waals surface area contributed by atoms with Gasteiger partial charge in [-0.2, -0.15) is 5.10 Å². The number of carbonyl (C=O) groups is 1. The van der Waals surface area contributed by atoms with Crippen LogP contribution in [-0.2, 0) is 13.6 Å². The molecule has 0 bridgehead atoms. The number of piperazine rings is 1. The van der Waals surface area contributed by atoms with Gasteiger partial charge in [0, 0.05) is 45.3 Å². The van der Waals surface area contributed by atoms with E-state index in [0.29, 0.717) is 34.2 Å². The number of nitrogens with zero attached hydrogens (tertiary/aromatic N) is 5. The summed E-state index contributed by atoms with van der Waals surface area (Å²) in [5, 5.41) is 4.81. The van der Waals surface area contributed by atoms with Crippen molar-refractivity contribution in [3.8, 4) is 22.1 Å². The zero-order valence-corrected chi connectivity index (χ0v) is 21.9. The van der Waals surface area contributed by atoms with Gasteiger partial charge in [0.1, 0.15) is 21.4 Å². The van der Waals surface area contributed by atoms with Crippen molar-refractivity contribution < 1.29 is 14.3 Å². The van der Waals surface area contributed by atoms with Crippen LogP contribution in [0.4, 0.5) is 0 Å². The van der Waals surface area contributed by atoms with Crippen LogP contribution in [-0.4, -0.2) is 70.9 Å². The molecule has 10 heteroatoms. The topological polar surface area (TPSA) is 89.8 Å². The molecule has 0 aliphatic carbocycles. The van der Waals surface area contributed by atoms with Gasteiger partial charge in [0.05, 0.1) is 31.2 Å². The maximum atomic E-state index is 13.4. The third-order valence-electron chi connectivity index (χ3n) is 6.47. The van der Waals surface area contributed by atoms with E-state index in [-0.39, 0.29) is 11.5 Å². The summed E-state index contributed by atoms with van der Waals surface area (Å²) >= 11 is 1.29. The van der Waals surface area contributed by atoms with Crippen molar-refractivity contribution in [2.24, 2.45) is 7.05 Å². The summed E-state index contributed by atoms with van der Waals surface area (Å²) in [6.07, 6.45) is 0. The standard InChI is InChI=1S/C25H31N5O4S/c1-15-16(2)27-28(4)24(31)21(15)23-26-17(3)22(35-23)25(32)30-11-9-29(10-12-30)14-18-13-19(33-5)7-8-20(18)34-6/h7-8,13H,9-12,14H2,1-6H3. The summed E-state index contributed by atoms with van der Waals surface area (Å²) in [4.78, 5) is 35.5. The molecule has 4 rings (SSSR count). The Morgan fingerprint density at radius 3 is 2.43 bits per heavy atom. The van der Waals surface area contributed by atoms with Gasteiger partial charge in [0.15, 0.2) is 0 Å². The average Bonchev–Trinajstić information content (AvgIpc) is 3.23. The molecule has 1 aliphatic heterocycles. The number of ether oxygens (including phenoxy) is 2. The summed E-state index contributed by atoms with van der Waals surface area (Å²) in [7, 11) is 4.95. The third-order valence-corrected chi connectivity index (χ3v) is 7.63. The van der Waals surface area contributed by atoms with Crippen molar-refractivity contribution in [3.63, 3.8) is 0 Å². The summed E-state index contributed by atoms with van der Waals surface area (Å²) in [6.45, 7) is 9.02. The zero-order valence-electron chi connectivity index (χ0n) is 21.0. The number of carbonyl (C=O) groups excluding carboxylic acids is 1. The molecule has 9 nitrogen and oxygen atoms in total. The largest absolute Gasteiger partial charge is 0.497 e. The quantitative estimate of drug-likeness (QED) is 0.517. The lowest BCUT2D eigenvalue weighted by Crippen LogP contribution is -2.48. The highest BCUT2D eigenvalue weighted by Crippen LogP contribution is 2.30. The SMILES string of the molecule is COc1ccc(OC)c(CN2CCN(C(=O)c3sc(-c4c(C)c(C)nn(C)c4=O)nc3C)CC2)c1. The van der Waals surface area contributed by atoms with E-state index in [4.69, 9.17) is 9.47 Å². The highest BCUT2D eigenvalue weighted by molar-refractivity contribution is 7.17. The van der Waals surface area contributed by atoms with Gasteiger partial charge >= 0.3 is 0 Å². The van der Waals surface area contributed by atoms with Crippen molar-refractivity contribution in [1.82, 2.24) is 24.6 Å². The molecular weight excluding hydrogens is 466 g/mol. The Balaban J connectivity index is 1.48. The van der Waals surface area contributed by atoms with Gasteiger partial charge in [0.25, 0.3) is 11.5 Å². The van der Waals surface area contributed by atoms with Crippen LogP contribution in [0.5, 0.6) is 11.5 Å². The number of amides is 1. The maximum absolute atomic E-state index is 13.4. The Labute approximate surface area is 208 Å². The minimum atomic E-state index is -0.206. The van der Waals surface area contributed by atoms with Crippen molar-refractivity contribution in [1.29, 1.82) is 0 Å². The zero-order chi connectivity index (χ0) is 25.3. The summed E-state index contributed by atoms with van der Waals surface area (Å²) in [5.41, 5.74) is 3.58. The van der Waals surface area contributed by atoms with E-state index >= 15 is 0 Å². The van der Waals surface area contributed by atoms with Crippen LogP contribution >= 0.6 is 11.3 Å². The fourth-order valence-electron chi connectivity index (χ4n) is 4.30. The Kier molecular flexibility index (Phi) is 7.23. The Morgan fingerprint density at radius 2 is 1.77 bits per heavy atom.